The van der Waals surface area contributed by atoms with Crippen LogP contribution in [0.4, 0.5) is 4.79 Å². The van der Waals surface area contributed by atoms with Crippen molar-refractivity contribution in [2.45, 2.75) is 17.9 Å². The summed E-state index contributed by atoms with van der Waals surface area (Å²) in [5, 5.41) is 20.0. The summed E-state index contributed by atoms with van der Waals surface area (Å²) in [6.07, 6.45) is 0.211. The number of carboxylic acid groups (broad SMARTS) is 1. The number of amides is 1. The maximum absolute atomic E-state index is 11.1. The summed E-state index contributed by atoms with van der Waals surface area (Å²) in [7, 11) is -3.91. The second-order valence-corrected chi connectivity index (χ2v) is 5.60. The zero-order valence-corrected chi connectivity index (χ0v) is 10.5. The number of carboxylic acids is 1. The van der Waals surface area contributed by atoms with Gasteiger partial charge in [-0.05, 0) is 0 Å². The highest BCUT2D eigenvalue weighted by atomic mass is 32.2. The first-order chi connectivity index (χ1) is 8.18. The van der Waals surface area contributed by atoms with E-state index < -0.39 is 39.8 Å². The highest BCUT2D eigenvalue weighted by Gasteiger charge is 2.31. The van der Waals surface area contributed by atoms with E-state index in [-0.39, 0.29) is 6.61 Å². The van der Waals surface area contributed by atoms with Gasteiger partial charge in [-0.3, -0.25) is 4.79 Å². The quantitative estimate of drug-likeness (QED) is 0.516. The van der Waals surface area contributed by atoms with Gasteiger partial charge in [-0.1, -0.05) is 12.7 Å². The average Bonchev–Trinajstić information content (AvgIpc) is 2.22. The van der Waals surface area contributed by atoms with Gasteiger partial charge in [0, 0.05) is 6.26 Å². The van der Waals surface area contributed by atoms with Crippen molar-refractivity contribution in [1.82, 2.24) is 5.32 Å². The van der Waals surface area contributed by atoms with Crippen LogP contribution in [0, 0.1) is 0 Å². The van der Waals surface area contributed by atoms with Gasteiger partial charge in [0.25, 0.3) is 0 Å². The van der Waals surface area contributed by atoms with E-state index in [0.717, 1.165) is 6.26 Å². The molecular formula is C9H15NO7S. The Bertz CT molecular complexity index is 417. The maximum atomic E-state index is 11.1. The molecule has 1 amide bonds. The number of hydrogen-bond donors (Lipinski definition) is 3. The van der Waals surface area contributed by atoms with Gasteiger partial charge in [-0.15, -0.1) is 0 Å². The van der Waals surface area contributed by atoms with Gasteiger partial charge in [-0.25, -0.2) is 13.2 Å². The number of aliphatic hydroxyl groups is 1. The Morgan fingerprint density at radius 2 is 2.06 bits per heavy atom. The molecule has 0 radical (unpaired) electrons. The number of aliphatic hydroxyl groups excluding tert-OH is 1. The summed E-state index contributed by atoms with van der Waals surface area (Å²) >= 11 is 0. The zero-order chi connectivity index (χ0) is 14.3. The molecule has 0 spiro atoms. The van der Waals surface area contributed by atoms with Crippen LogP contribution in [0.1, 0.15) is 6.42 Å². The first-order valence-corrected chi connectivity index (χ1v) is 6.77. The normalized spacial score (nSPS) is 14.3. The van der Waals surface area contributed by atoms with E-state index in [9.17, 15) is 23.1 Å². The summed E-state index contributed by atoms with van der Waals surface area (Å²) in [5.74, 6) is -1.37. The molecule has 2 atom stereocenters. The molecule has 0 saturated heterocycles. The van der Waals surface area contributed by atoms with Crippen molar-refractivity contribution in [2.75, 3.05) is 12.9 Å². The molecule has 18 heavy (non-hydrogen) atoms. The van der Waals surface area contributed by atoms with Crippen LogP contribution in [0.25, 0.3) is 0 Å². The minimum Gasteiger partial charge on any atom is -0.481 e. The lowest BCUT2D eigenvalue weighted by Gasteiger charge is -2.20. The summed E-state index contributed by atoms with van der Waals surface area (Å²) < 4.78 is 26.7. The van der Waals surface area contributed by atoms with Crippen molar-refractivity contribution in [3.63, 3.8) is 0 Å². The summed E-state index contributed by atoms with van der Waals surface area (Å²) in [6, 6.07) is -1.49. The number of rotatable bonds is 7. The van der Waals surface area contributed by atoms with Gasteiger partial charge in [0.2, 0.25) is 0 Å². The largest absolute Gasteiger partial charge is 0.481 e. The van der Waals surface area contributed by atoms with E-state index in [2.05, 4.69) is 11.3 Å². The molecule has 1 unspecified atom stereocenters. The molecule has 0 rings (SSSR count). The van der Waals surface area contributed by atoms with Gasteiger partial charge in [0.05, 0.1) is 12.5 Å². The number of hydrogen-bond acceptors (Lipinski definition) is 6. The molecule has 0 aromatic carbocycles. The first-order valence-electron chi connectivity index (χ1n) is 4.81. The van der Waals surface area contributed by atoms with Crippen molar-refractivity contribution in [2.24, 2.45) is 0 Å². The lowest BCUT2D eigenvalue weighted by molar-refractivity contribution is -0.137. The zero-order valence-electron chi connectivity index (χ0n) is 9.70. The van der Waals surface area contributed by atoms with E-state index in [1.54, 1.807) is 0 Å². The number of carbonyl (C=O) groups excluding carboxylic acids is 1. The monoisotopic (exact) mass is 281 g/mol. The third-order valence-corrected chi connectivity index (χ3v) is 3.02. The Morgan fingerprint density at radius 3 is 2.44 bits per heavy atom. The molecule has 9 heteroatoms. The molecule has 0 aliphatic heterocycles. The predicted octanol–water partition coefficient (Wildman–Crippen LogP) is -0.895. The molecule has 0 aliphatic rings. The number of sulfone groups is 1. The second kappa shape index (κ2) is 6.97. The third kappa shape index (κ3) is 6.21. The van der Waals surface area contributed by atoms with Gasteiger partial charge >= 0.3 is 12.1 Å². The third-order valence-electron chi connectivity index (χ3n) is 1.81. The number of carbonyl (C=O) groups is 2. The Morgan fingerprint density at radius 1 is 1.50 bits per heavy atom. The lowest BCUT2D eigenvalue weighted by atomic mass is 10.2. The minimum atomic E-state index is -3.91. The molecule has 3 N–H and O–H groups in total. The van der Waals surface area contributed by atoms with Crippen LogP contribution in [0.5, 0.6) is 0 Å². The molecular weight excluding hydrogens is 266 g/mol. The highest BCUT2D eigenvalue weighted by Crippen LogP contribution is 2.06. The number of nitrogens with one attached hydrogen (secondary N) is 1. The standard InChI is InChI=1S/C9H15NO7S/c1-3-4-17-9(14)10-6(5-7(11)12)8(13)18(2,15)16/h3,6,8,13H,1,4-5H2,2H3,(H,10,14)(H,11,12)/t6-,8?/m1/s1. The van der Waals surface area contributed by atoms with Gasteiger partial charge in [0.15, 0.2) is 15.3 Å². The molecule has 104 valence electrons. The fraction of sp³-hybridized carbons (Fsp3) is 0.556. The Kier molecular flexibility index (Phi) is 6.34. The molecule has 0 heterocycles. The van der Waals surface area contributed by atoms with Gasteiger partial charge in [0.1, 0.15) is 6.61 Å². The van der Waals surface area contributed by atoms with Crippen molar-refractivity contribution in [3.05, 3.63) is 12.7 Å². The van der Waals surface area contributed by atoms with Crippen LogP contribution in [-0.2, 0) is 19.4 Å². The fourth-order valence-corrected chi connectivity index (χ4v) is 1.80. The van der Waals surface area contributed by atoms with Crippen LogP contribution < -0.4 is 5.32 Å². The Balaban J connectivity index is 4.74. The maximum Gasteiger partial charge on any atom is 0.407 e. The fourth-order valence-electron chi connectivity index (χ4n) is 1.04. The smallest absolute Gasteiger partial charge is 0.407 e. The second-order valence-electron chi connectivity index (χ2n) is 3.46. The molecule has 0 bridgehead atoms. The lowest BCUT2D eigenvalue weighted by Crippen LogP contribution is -2.47. The van der Waals surface area contributed by atoms with E-state index in [1.165, 1.54) is 6.08 Å². The average molecular weight is 281 g/mol. The Hall–Kier alpha value is -1.61. The van der Waals surface area contributed by atoms with Crippen LogP contribution in [0.3, 0.4) is 0 Å². The first kappa shape index (κ1) is 16.4. The van der Waals surface area contributed by atoms with E-state index in [0.29, 0.717) is 0 Å². The van der Waals surface area contributed by atoms with E-state index in [4.69, 9.17) is 5.11 Å². The molecule has 0 fully saturated rings. The van der Waals surface area contributed by atoms with E-state index in [1.807, 2.05) is 5.32 Å². The Labute approximate surface area is 104 Å². The molecule has 0 saturated carbocycles. The van der Waals surface area contributed by atoms with Crippen LogP contribution in [0.2, 0.25) is 0 Å². The van der Waals surface area contributed by atoms with Gasteiger partial charge in [-0.2, -0.15) is 0 Å². The summed E-state index contributed by atoms with van der Waals surface area (Å²) in [5.41, 5.74) is -2.02. The molecule has 0 aromatic rings. The number of alkyl carbamates (subject to hydrolysis) is 1. The highest BCUT2D eigenvalue weighted by molar-refractivity contribution is 7.91. The molecule has 0 aromatic heterocycles. The van der Waals surface area contributed by atoms with Crippen molar-refractivity contribution >= 4 is 21.9 Å². The summed E-state index contributed by atoms with van der Waals surface area (Å²) in [6.45, 7) is 3.17. The molecule has 8 nitrogen and oxygen atoms in total. The van der Waals surface area contributed by atoms with Gasteiger partial charge < -0.3 is 20.3 Å². The van der Waals surface area contributed by atoms with Crippen molar-refractivity contribution < 1.29 is 33.0 Å². The van der Waals surface area contributed by atoms with Crippen LogP contribution >= 0.6 is 0 Å². The van der Waals surface area contributed by atoms with Crippen LogP contribution in [0.15, 0.2) is 12.7 Å². The number of aliphatic carboxylic acids is 1. The minimum absolute atomic E-state index is 0.124. The summed E-state index contributed by atoms with van der Waals surface area (Å²) in [4.78, 5) is 21.7. The van der Waals surface area contributed by atoms with Crippen LogP contribution in [-0.4, -0.2) is 55.0 Å². The van der Waals surface area contributed by atoms with Crippen molar-refractivity contribution in [3.8, 4) is 0 Å². The topological polar surface area (TPSA) is 130 Å². The predicted molar refractivity (Wildman–Crippen MR) is 61.6 cm³/mol. The van der Waals surface area contributed by atoms with Crippen molar-refractivity contribution in [1.29, 1.82) is 0 Å². The SMILES string of the molecule is C=CCOC(=O)N[C@H](CC(=O)O)C(O)S(C)(=O)=O. The molecule has 0 aliphatic carbocycles. The number of ether oxygens (including phenoxy) is 1. The van der Waals surface area contributed by atoms with E-state index >= 15 is 0 Å².